The van der Waals surface area contributed by atoms with Gasteiger partial charge in [0.25, 0.3) is 0 Å². The molecule has 5 heteroatoms. The maximum Gasteiger partial charge on any atom is 0.102 e. The summed E-state index contributed by atoms with van der Waals surface area (Å²) in [6.45, 7) is 12.0. The fraction of sp³-hybridized carbons (Fsp3) is 1.00. The highest BCUT2D eigenvalue weighted by Crippen LogP contribution is 2.08. The van der Waals surface area contributed by atoms with Crippen molar-refractivity contribution in [3.05, 3.63) is 0 Å². The molecule has 0 spiro atoms. The third kappa shape index (κ3) is 5.00. The van der Waals surface area contributed by atoms with Gasteiger partial charge in [-0.3, -0.25) is 0 Å². The molecule has 0 saturated carbocycles. The monoisotopic (exact) mass is 274 g/mol. The summed E-state index contributed by atoms with van der Waals surface area (Å²) in [5, 5.41) is 0. The van der Waals surface area contributed by atoms with E-state index in [9.17, 15) is 0 Å². The van der Waals surface area contributed by atoms with Crippen molar-refractivity contribution in [3.8, 4) is 0 Å². The molecule has 0 aromatic rings. The molecule has 0 unspecified atom stereocenters. The minimum Gasteiger partial charge on any atom is -0.370 e. The Morgan fingerprint density at radius 1 is 0.737 bits per heavy atom. The van der Waals surface area contributed by atoms with Crippen molar-refractivity contribution >= 4 is 0 Å². The van der Waals surface area contributed by atoms with E-state index in [1.165, 1.54) is 0 Å². The van der Waals surface area contributed by atoms with Crippen LogP contribution in [0.2, 0.25) is 0 Å². The van der Waals surface area contributed by atoms with Crippen LogP contribution in [-0.4, -0.2) is 102 Å². The maximum absolute atomic E-state index is 5.86. The molecular formula is C14H30N2O3+2. The van der Waals surface area contributed by atoms with Gasteiger partial charge in [-0.25, -0.2) is 0 Å². The third-order valence-corrected chi connectivity index (χ3v) is 4.65. The number of nitrogens with zero attached hydrogens (tertiary/aromatic N) is 2. The van der Waals surface area contributed by atoms with Crippen molar-refractivity contribution in [1.29, 1.82) is 0 Å². The second kappa shape index (κ2) is 6.99. The summed E-state index contributed by atoms with van der Waals surface area (Å²) in [6, 6.07) is 0. The topological polar surface area (TPSA) is 27.7 Å². The first-order chi connectivity index (χ1) is 9.12. The number of hydrogen-bond acceptors (Lipinski definition) is 3. The number of hydrogen-bond donors (Lipinski definition) is 0. The molecule has 2 aliphatic rings. The Hall–Kier alpha value is -0.200. The first-order valence-corrected chi connectivity index (χ1v) is 7.52. The van der Waals surface area contributed by atoms with E-state index in [0.717, 1.165) is 87.9 Å². The Morgan fingerprint density at radius 2 is 1.11 bits per heavy atom. The molecule has 112 valence electrons. The number of rotatable bonds is 6. The summed E-state index contributed by atoms with van der Waals surface area (Å²) < 4.78 is 18.9. The van der Waals surface area contributed by atoms with E-state index >= 15 is 0 Å². The summed E-state index contributed by atoms with van der Waals surface area (Å²) in [6.07, 6.45) is 0. The Bertz CT molecular complexity index is 235. The van der Waals surface area contributed by atoms with Crippen LogP contribution in [0, 0.1) is 0 Å². The zero-order chi connectivity index (χ0) is 13.6. The fourth-order valence-corrected chi connectivity index (χ4v) is 2.69. The zero-order valence-corrected chi connectivity index (χ0v) is 12.6. The van der Waals surface area contributed by atoms with Crippen LogP contribution in [0.15, 0.2) is 0 Å². The lowest BCUT2D eigenvalue weighted by molar-refractivity contribution is -0.920. The molecule has 0 aromatic heterocycles. The molecule has 19 heavy (non-hydrogen) atoms. The van der Waals surface area contributed by atoms with Crippen LogP contribution in [0.25, 0.3) is 0 Å². The zero-order valence-electron chi connectivity index (χ0n) is 12.6. The Balaban J connectivity index is 1.56. The molecule has 0 bridgehead atoms. The molecule has 0 radical (unpaired) electrons. The predicted molar refractivity (Wildman–Crippen MR) is 74.0 cm³/mol. The molecule has 2 fully saturated rings. The van der Waals surface area contributed by atoms with Gasteiger partial charge in [-0.15, -0.1) is 0 Å². The lowest BCUT2D eigenvalue weighted by atomic mass is 10.3. The van der Waals surface area contributed by atoms with Crippen molar-refractivity contribution in [2.75, 3.05) is 93.0 Å². The van der Waals surface area contributed by atoms with E-state index in [4.69, 9.17) is 14.2 Å². The normalized spacial score (nSPS) is 26.2. The molecule has 2 heterocycles. The quantitative estimate of drug-likeness (QED) is 0.502. The molecule has 0 aromatic carbocycles. The van der Waals surface area contributed by atoms with Gasteiger partial charge >= 0.3 is 0 Å². The van der Waals surface area contributed by atoms with Crippen molar-refractivity contribution in [1.82, 2.24) is 0 Å². The maximum atomic E-state index is 5.86. The highest BCUT2D eigenvalue weighted by Gasteiger charge is 2.26. The van der Waals surface area contributed by atoms with E-state index in [0.29, 0.717) is 0 Å². The van der Waals surface area contributed by atoms with Gasteiger partial charge in [0.05, 0.1) is 53.7 Å². The summed E-state index contributed by atoms with van der Waals surface area (Å²) in [7, 11) is 4.61. The second-order valence-electron chi connectivity index (χ2n) is 6.42. The fourth-order valence-electron chi connectivity index (χ4n) is 2.69. The van der Waals surface area contributed by atoms with Gasteiger partial charge < -0.3 is 23.2 Å². The van der Waals surface area contributed by atoms with Gasteiger partial charge in [0.15, 0.2) is 0 Å². The van der Waals surface area contributed by atoms with Crippen LogP contribution in [0.3, 0.4) is 0 Å². The minimum absolute atomic E-state index is 0.868. The van der Waals surface area contributed by atoms with E-state index in [-0.39, 0.29) is 0 Å². The predicted octanol–water partition coefficient (Wildman–Crippen LogP) is -0.0434. The van der Waals surface area contributed by atoms with Crippen LogP contribution in [0.4, 0.5) is 0 Å². The van der Waals surface area contributed by atoms with Gasteiger partial charge in [0, 0.05) is 0 Å². The number of quaternary nitrogens is 2. The van der Waals surface area contributed by atoms with Gasteiger partial charge in [-0.1, -0.05) is 0 Å². The van der Waals surface area contributed by atoms with Crippen molar-refractivity contribution in [2.45, 2.75) is 0 Å². The van der Waals surface area contributed by atoms with Crippen molar-refractivity contribution < 1.29 is 23.2 Å². The number of morpholine rings is 2. The van der Waals surface area contributed by atoms with Crippen molar-refractivity contribution in [2.24, 2.45) is 0 Å². The summed E-state index contributed by atoms with van der Waals surface area (Å²) in [4.78, 5) is 0. The lowest BCUT2D eigenvalue weighted by Crippen LogP contribution is -2.54. The third-order valence-electron chi connectivity index (χ3n) is 4.65. The van der Waals surface area contributed by atoms with Crippen molar-refractivity contribution in [3.63, 3.8) is 0 Å². The Morgan fingerprint density at radius 3 is 1.47 bits per heavy atom. The largest absolute Gasteiger partial charge is 0.370 e. The number of ether oxygens (including phenoxy) is 3. The first-order valence-electron chi connectivity index (χ1n) is 7.52. The van der Waals surface area contributed by atoms with Gasteiger partial charge in [0.2, 0.25) is 0 Å². The highest BCUT2D eigenvalue weighted by atomic mass is 16.5. The molecule has 2 rings (SSSR count). The highest BCUT2D eigenvalue weighted by molar-refractivity contribution is 4.48. The first kappa shape index (κ1) is 15.2. The van der Waals surface area contributed by atoms with Crippen LogP contribution in [0.5, 0.6) is 0 Å². The van der Waals surface area contributed by atoms with Gasteiger partial charge in [-0.2, -0.15) is 0 Å². The minimum atomic E-state index is 0.868. The number of likely N-dealkylation sites (N-methyl/N-ethyl adjacent to an activating group) is 2. The molecule has 0 amide bonds. The standard InChI is InChI=1S/C14H30N2O3/c1-15(3-9-17-10-4-15)7-13-19-14-8-16(2)5-11-18-12-6-16/h3-14H2,1-2H3/q+2. The summed E-state index contributed by atoms with van der Waals surface area (Å²) in [5.74, 6) is 0. The molecule has 2 aliphatic heterocycles. The van der Waals surface area contributed by atoms with Crippen LogP contribution in [0.1, 0.15) is 0 Å². The lowest BCUT2D eigenvalue weighted by Gasteiger charge is -2.38. The van der Waals surface area contributed by atoms with Gasteiger partial charge in [0.1, 0.15) is 39.3 Å². The second-order valence-corrected chi connectivity index (χ2v) is 6.42. The van der Waals surface area contributed by atoms with Crippen LogP contribution in [-0.2, 0) is 14.2 Å². The average Bonchev–Trinajstić information content (AvgIpc) is 2.40. The average molecular weight is 274 g/mol. The summed E-state index contributed by atoms with van der Waals surface area (Å²) in [5.41, 5.74) is 0. The van der Waals surface area contributed by atoms with Crippen LogP contribution < -0.4 is 0 Å². The van der Waals surface area contributed by atoms with E-state index in [1.54, 1.807) is 0 Å². The van der Waals surface area contributed by atoms with E-state index < -0.39 is 0 Å². The molecule has 2 saturated heterocycles. The molecule has 0 aliphatic carbocycles. The van der Waals surface area contributed by atoms with E-state index in [1.807, 2.05) is 0 Å². The molecule has 0 atom stereocenters. The van der Waals surface area contributed by atoms with Crippen LogP contribution >= 0.6 is 0 Å². The SMILES string of the molecule is C[N+]1(CCOCC[N+]2(C)CCOCC2)CCOCC1. The van der Waals surface area contributed by atoms with Gasteiger partial charge in [-0.05, 0) is 0 Å². The Labute approximate surface area is 117 Å². The Kier molecular flexibility index (Phi) is 5.59. The molecular weight excluding hydrogens is 244 g/mol. The van der Waals surface area contributed by atoms with E-state index in [2.05, 4.69) is 14.1 Å². The smallest absolute Gasteiger partial charge is 0.102 e. The summed E-state index contributed by atoms with van der Waals surface area (Å²) >= 11 is 0. The molecule has 0 N–H and O–H groups in total. The molecule has 5 nitrogen and oxygen atoms in total.